The molecule has 0 bridgehead atoms. The Hall–Kier alpha value is -1.63. The van der Waals surface area contributed by atoms with Gasteiger partial charge in [-0.2, -0.15) is 0 Å². The highest BCUT2D eigenvalue weighted by Crippen LogP contribution is 2.24. The molecule has 58 valence electrons. The van der Waals surface area contributed by atoms with Crippen LogP contribution in [0.1, 0.15) is 0 Å². The minimum absolute atomic E-state index is 0.827. The van der Waals surface area contributed by atoms with Gasteiger partial charge in [-0.05, 0) is 11.5 Å². The van der Waals surface area contributed by atoms with Crippen LogP contribution in [0.2, 0.25) is 0 Å². The predicted molar refractivity (Wildman–Crippen MR) is 50.5 cm³/mol. The Morgan fingerprint density at radius 1 is 0.917 bits per heavy atom. The van der Waals surface area contributed by atoms with Crippen LogP contribution in [0.4, 0.5) is 0 Å². The van der Waals surface area contributed by atoms with Crippen LogP contribution in [0.25, 0.3) is 10.8 Å². The van der Waals surface area contributed by atoms with E-state index < -0.39 is 0 Å². The summed E-state index contributed by atoms with van der Waals surface area (Å²) in [7, 11) is 0. The Morgan fingerprint density at radius 2 is 1.67 bits per heavy atom. The van der Waals surface area contributed by atoms with Gasteiger partial charge >= 0.3 is 5.75 Å². The topological polar surface area (TPSA) is 11.3 Å². The first-order chi connectivity index (χ1) is 5.92. The third kappa shape index (κ3) is 0.996. The minimum atomic E-state index is 0.827. The van der Waals surface area contributed by atoms with Gasteiger partial charge in [-0.25, -0.2) is 4.42 Å². The highest BCUT2D eigenvalue weighted by molar-refractivity contribution is 5.87. The average molecular weight is 157 g/mol. The average Bonchev–Trinajstić information content (AvgIpc) is 2.17. The van der Waals surface area contributed by atoms with E-state index in [4.69, 9.17) is 4.42 Å². The maximum absolute atomic E-state index is 4.98. The van der Waals surface area contributed by atoms with Crippen molar-refractivity contribution in [2.45, 2.75) is 0 Å². The third-order valence-corrected chi connectivity index (χ3v) is 1.91. The Kier molecular flexibility index (Phi) is 1.63. The Morgan fingerprint density at radius 3 is 2.50 bits per heavy atom. The molecular formula is C11H9O+. The molecule has 2 rings (SSSR count). The summed E-state index contributed by atoms with van der Waals surface area (Å²) in [6, 6.07) is 14.0. The van der Waals surface area contributed by atoms with Gasteiger partial charge in [-0.1, -0.05) is 30.3 Å². The van der Waals surface area contributed by atoms with Crippen LogP contribution in [-0.2, 0) is 4.42 Å². The molecule has 0 aliphatic carbocycles. The largest absolute Gasteiger partial charge is 0.359 e. The molecule has 0 saturated carbocycles. The summed E-state index contributed by atoms with van der Waals surface area (Å²) in [5.41, 5.74) is 0. The van der Waals surface area contributed by atoms with Crippen LogP contribution < -0.4 is 0 Å². The fourth-order valence-corrected chi connectivity index (χ4v) is 1.32. The number of carbonyl (C=O) groups excluding carboxylic acids is 1. The first-order valence-electron chi connectivity index (χ1n) is 3.81. The first kappa shape index (κ1) is 7.04. The van der Waals surface area contributed by atoms with Crippen molar-refractivity contribution < 1.29 is 4.42 Å². The molecule has 0 radical (unpaired) electrons. The van der Waals surface area contributed by atoms with Gasteiger partial charge in [0.2, 0.25) is 0 Å². The smallest absolute Gasteiger partial charge is 0.224 e. The van der Waals surface area contributed by atoms with Gasteiger partial charge in [0.1, 0.15) is 0 Å². The van der Waals surface area contributed by atoms with Crippen molar-refractivity contribution in [2.24, 2.45) is 0 Å². The molecule has 0 aliphatic heterocycles. The Bertz CT molecular complexity index is 413. The van der Waals surface area contributed by atoms with E-state index >= 15 is 0 Å². The molecule has 0 spiro atoms. The number of benzene rings is 2. The van der Waals surface area contributed by atoms with Crippen molar-refractivity contribution in [3.63, 3.8) is 0 Å². The molecule has 0 heterocycles. The zero-order chi connectivity index (χ0) is 8.39. The highest BCUT2D eigenvalue weighted by Gasteiger charge is 2.05. The van der Waals surface area contributed by atoms with Gasteiger partial charge in [-0.15, -0.1) is 0 Å². The van der Waals surface area contributed by atoms with Crippen LogP contribution in [0.15, 0.2) is 42.5 Å². The van der Waals surface area contributed by atoms with Crippen molar-refractivity contribution in [1.29, 1.82) is 0 Å². The van der Waals surface area contributed by atoms with Gasteiger partial charge in [0.15, 0.2) is 0 Å². The van der Waals surface area contributed by atoms with E-state index in [-0.39, 0.29) is 0 Å². The maximum atomic E-state index is 4.98. The molecule has 1 nitrogen and oxygen atoms in total. The maximum Gasteiger partial charge on any atom is 0.359 e. The summed E-state index contributed by atoms with van der Waals surface area (Å²) < 4.78 is 4.98. The van der Waals surface area contributed by atoms with Gasteiger partial charge in [0, 0.05) is 6.07 Å². The number of hydrogen-bond acceptors (Lipinski definition) is 0. The fraction of sp³-hybridized carbons (Fsp3) is 0. The van der Waals surface area contributed by atoms with E-state index in [2.05, 4.69) is 18.9 Å². The number of rotatable bonds is 1. The molecule has 0 fully saturated rings. The fourth-order valence-electron chi connectivity index (χ4n) is 1.32. The summed E-state index contributed by atoms with van der Waals surface area (Å²) in [5.74, 6) is 0.827. The lowest BCUT2D eigenvalue weighted by atomic mass is 10.1. The normalized spacial score (nSPS) is 10.0. The predicted octanol–water partition coefficient (Wildman–Crippen LogP) is 2.92. The molecule has 12 heavy (non-hydrogen) atoms. The molecule has 0 amide bonds. The van der Waals surface area contributed by atoms with Gasteiger partial charge in [0.05, 0.1) is 5.39 Å². The Balaban J connectivity index is 2.88. The van der Waals surface area contributed by atoms with Gasteiger partial charge in [0.25, 0.3) is 6.79 Å². The molecule has 0 saturated heterocycles. The summed E-state index contributed by atoms with van der Waals surface area (Å²) >= 11 is 0. The SMILES string of the molecule is C=[O+]c1cccc2ccccc12. The molecule has 0 aliphatic rings. The lowest BCUT2D eigenvalue weighted by Crippen LogP contribution is -1.72. The van der Waals surface area contributed by atoms with Crippen LogP contribution in [0, 0.1) is 0 Å². The van der Waals surface area contributed by atoms with Gasteiger partial charge in [-0.3, -0.25) is 0 Å². The van der Waals surface area contributed by atoms with Crippen molar-refractivity contribution in [1.82, 2.24) is 0 Å². The van der Waals surface area contributed by atoms with E-state index in [0.717, 1.165) is 11.1 Å². The lowest BCUT2D eigenvalue weighted by molar-refractivity contribution is -0.352. The van der Waals surface area contributed by atoms with Crippen LogP contribution >= 0.6 is 0 Å². The molecule has 0 N–H and O–H groups in total. The second-order valence-electron chi connectivity index (χ2n) is 2.62. The molecule has 1 heteroatoms. The van der Waals surface area contributed by atoms with E-state index in [1.807, 2.05) is 30.3 Å². The van der Waals surface area contributed by atoms with E-state index in [1.165, 1.54) is 5.39 Å². The van der Waals surface area contributed by atoms with Crippen LogP contribution in [-0.4, -0.2) is 6.79 Å². The van der Waals surface area contributed by atoms with Crippen molar-refractivity contribution in [3.05, 3.63) is 42.5 Å². The zero-order valence-electron chi connectivity index (χ0n) is 6.66. The van der Waals surface area contributed by atoms with Crippen molar-refractivity contribution in [2.75, 3.05) is 0 Å². The number of hydrogen-bond donors (Lipinski definition) is 0. The minimum Gasteiger partial charge on any atom is -0.224 e. The lowest BCUT2D eigenvalue weighted by Gasteiger charge is -1.92. The highest BCUT2D eigenvalue weighted by atomic mass is 16.4. The van der Waals surface area contributed by atoms with Crippen molar-refractivity contribution >= 4 is 17.6 Å². The monoisotopic (exact) mass is 157 g/mol. The van der Waals surface area contributed by atoms with Crippen molar-refractivity contribution in [3.8, 4) is 5.75 Å². The summed E-state index contributed by atoms with van der Waals surface area (Å²) in [5, 5.41) is 2.29. The third-order valence-electron chi connectivity index (χ3n) is 1.91. The molecular weight excluding hydrogens is 148 g/mol. The van der Waals surface area contributed by atoms with Crippen LogP contribution in [0.5, 0.6) is 5.75 Å². The van der Waals surface area contributed by atoms with E-state index in [9.17, 15) is 0 Å². The van der Waals surface area contributed by atoms with E-state index in [1.54, 1.807) is 0 Å². The number of fused-ring (bicyclic) bond motifs is 1. The molecule has 0 unspecified atom stereocenters. The summed E-state index contributed by atoms with van der Waals surface area (Å²) in [4.78, 5) is 0. The first-order valence-corrected chi connectivity index (χ1v) is 3.81. The Labute approximate surface area is 71.0 Å². The second kappa shape index (κ2) is 2.78. The standard InChI is InChI=1S/C11H9O/c1-12-11-8-4-6-9-5-2-3-7-10(9)11/h2-8H,1H2/q+1. The zero-order valence-corrected chi connectivity index (χ0v) is 6.66. The molecule has 0 atom stereocenters. The molecule has 2 aromatic rings. The van der Waals surface area contributed by atoms with E-state index in [0.29, 0.717) is 0 Å². The summed E-state index contributed by atoms with van der Waals surface area (Å²) in [6.07, 6.45) is 0. The summed E-state index contributed by atoms with van der Waals surface area (Å²) in [6.45, 7) is 3.41. The molecule has 0 aromatic heterocycles. The quantitative estimate of drug-likeness (QED) is 0.564. The van der Waals surface area contributed by atoms with Crippen LogP contribution in [0.3, 0.4) is 0 Å². The second-order valence-corrected chi connectivity index (χ2v) is 2.62. The molecule has 2 aromatic carbocycles. The van der Waals surface area contributed by atoms with Gasteiger partial charge < -0.3 is 0 Å².